The van der Waals surface area contributed by atoms with Crippen LogP contribution in [-0.4, -0.2) is 205 Å². The van der Waals surface area contributed by atoms with Crippen LogP contribution in [-0.2, 0) is 70.7 Å². The van der Waals surface area contributed by atoms with Gasteiger partial charge in [0.05, 0.1) is 13.2 Å². The maximum Gasteiger partial charge on any atom is 0.472 e. The standard InChI is InChI=1S/C94H175O25P/c1-6-10-14-18-22-25-28-31-33-35-38-41-44-47-55-61-67-79(98)113-74(70-110-77(96)65-59-53-46-43-40-37-30-27-24-20-16-12-8-3)71-112-120(108,109)119-92-90(117-93-87(106)83(102)81(100)75(69-95)114-93)86(105)85(104)89(116-80(99)68-62-56-48-45-42-39-36-34-32-29-26-23-19-15-11-7-2)91(92)118-94-88(107)84(103)82(101)76(115-94)72-111-78(97)66-60-54-50-49-52-58-64-73(5)63-57-51-21-17-13-9-4/h37,40,73-76,81-95,100-107H,6-36,38-39,41-72H2,1-5H3,(H,108,109)/b40-37-. The van der Waals surface area contributed by atoms with Gasteiger partial charge in [0.2, 0.25) is 0 Å². The van der Waals surface area contributed by atoms with Crippen molar-refractivity contribution >= 4 is 31.7 Å². The van der Waals surface area contributed by atoms with Gasteiger partial charge in [-0.1, -0.05) is 361 Å². The zero-order valence-corrected chi connectivity index (χ0v) is 76.4. The SMILES string of the molecule is CCCCCCCC/C=C\CCCCCC(=O)OCC(COP(=O)(O)OC1C(OC2OC(CO)C(O)C(O)C2O)C(O)C(O)C(OC(=O)CCCCCCCCCCCCCCCCCC)C1OC1OC(COC(=O)CCCCCCCCC(C)CCCCCCCC)C(O)C(O)C1O)OC(=O)CCCCCCCCCCCCCCCCCC. The van der Waals surface area contributed by atoms with E-state index in [0.717, 1.165) is 128 Å². The molecule has 120 heavy (non-hydrogen) atoms. The van der Waals surface area contributed by atoms with Crippen LogP contribution in [0.5, 0.6) is 0 Å². The Kier molecular flexibility index (Phi) is 67.0. The number of ether oxygens (including phenoxy) is 8. The summed E-state index contributed by atoms with van der Waals surface area (Å²) in [6.45, 7) is 7.94. The molecule has 1 saturated carbocycles. The van der Waals surface area contributed by atoms with E-state index in [-0.39, 0.29) is 25.7 Å². The maximum atomic E-state index is 14.9. The molecule has 706 valence electrons. The van der Waals surface area contributed by atoms with Crippen molar-refractivity contribution < 1.29 is 122 Å². The maximum absolute atomic E-state index is 14.9. The second-order valence-corrected chi connectivity index (χ2v) is 36.6. The van der Waals surface area contributed by atoms with Gasteiger partial charge in [0.25, 0.3) is 0 Å². The number of rotatable bonds is 79. The molecule has 3 fully saturated rings. The van der Waals surface area contributed by atoms with Gasteiger partial charge in [-0.3, -0.25) is 28.2 Å². The van der Waals surface area contributed by atoms with E-state index in [4.69, 9.17) is 46.9 Å². The molecule has 3 aliphatic rings. The van der Waals surface area contributed by atoms with Gasteiger partial charge in [-0.25, -0.2) is 4.57 Å². The largest absolute Gasteiger partial charge is 0.472 e. The number of esters is 4. The second-order valence-electron chi connectivity index (χ2n) is 35.2. The highest BCUT2D eigenvalue weighted by Gasteiger charge is 2.60. The van der Waals surface area contributed by atoms with Gasteiger partial charge in [-0.15, -0.1) is 0 Å². The first-order valence-electron chi connectivity index (χ1n) is 48.8. The van der Waals surface area contributed by atoms with Gasteiger partial charge in [-0.2, -0.15) is 0 Å². The average molecular weight is 1740 g/mol. The lowest BCUT2D eigenvalue weighted by atomic mass is 9.84. The van der Waals surface area contributed by atoms with Crippen LogP contribution in [0.2, 0.25) is 0 Å². The van der Waals surface area contributed by atoms with Crippen molar-refractivity contribution in [3.05, 3.63) is 12.2 Å². The Morgan fingerprint density at radius 2 is 0.675 bits per heavy atom. The van der Waals surface area contributed by atoms with Crippen molar-refractivity contribution in [2.45, 2.75) is 530 Å². The molecule has 0 aromatic rings. The van der Waals surface area contributed by atoms with Crippen LogP contribution in [0.15, 0.2) is 12.2 Å². The van der Waals surface area contributed by atoms with Crippen molar-refractivity contribution in [2.24, 2.45) is 5.92 Å². The molecule has 0 spiro atoms. The van der Waals surface area contributed by atoms with E-state index in [1.165, 1.54) is 205 Å². The minimum Gasteiger partial charge on any atom is -0.463 e. The fraction of sp³-hybridized carbons (Fsp3) is 0.936. The van der Waals surface area contributed by atoms with Crippen LogP contribution in [0.1, 0.15) is 426 Å². The van der Waals surface area contributed by atoms with Crippen molar-refractivity contribution in [3.8, 4) is 0 Å². The van der Waals surface area contributed by atoms with Crippen LogP contribution < -0.4 is 0 Å². The minimum atomic E-state index is -5.81. The summed E-state index contributed by atoms with van der Waals surface area (Å²) in [4.78, 5) is 66.6. The first-order valence-corrected chi connectivity index (χ1v) is 50.3. The zero-order chi connectivity index (χ0) is 87.6. The molecule has 0 aromatic carbocycles. The Balaban J connectivity index is 1.91. The van der Waals surface area contributed by atoms with Crippen LogP contribution in [0.4, 0.5) is 0 Å². The van der Waals surface area contributed by atoms with Crippen LogP contribution in [0, 0.1) is 5.92 Å². The summed E-state index contributed by atoms with van der Waals surface area (Å²) in [6.07, 6.45) is 30.5. The molecule has 0 aromatic heterocycles. The second kappa shape index (κ2) is 72.2. The summed E-state index contributed by atoms with van der Waals surface area (Å²) >= 11 is 0. The smallest absolute Gasteiger partial charge is 0.463 e. The molecule has 1 aliphatic carbocycles. The molecule has 19 unspecified atom stereocenters. The minimum absolute atomic E-state index is 0.0158. The predicted molar refractivity (Wildman–Crippen MR) is 467 cm³/mol. The van der Waals surface area contributed by atoms with Crippen LogP contribution in [0.25, 0.3) is 0 Å². The summed E-state index contributed by atoms with van der Waals surface area (Å²) in [6, 6.07) is 0. The van der Waals surface area contributed by atoms with Crippen molar-refractivity contribution in [1.82, 2.24) is 0 Å². The number of hydrogen-bond acceptors (Lipinski definition) is 24. The lowest BCUT2D eigenvalue weighted by Crippen LogP contribution is -2.70. The Bertz CT molecular complexity index is 2550. The van der Waals surface area contributed by atoms with E-state index in [9.17, 15) is 74.6 Å². The predicted octanol–water partition coefficient (Wildman–Crippen LogP) is 18.6. The lowest BCUT2D eigenvalue weighted by molar-refractivity contribution is -0.360. The molecule has 2 heterocycles. The van der Waals surface area contributed by atoms with Gasteiger partial charge in [0.1, 0.15) is 92.6 Å². The lowest BCUT2D eigenvalue weighted by Gasteiger charge is -2.50. The summed E-state index contributed by atoms with van der Waals surface area (Å²) in [7, 11) is -5.81. The Morgan fingerprint density at radius 3 is 1.08 bits per heavy atom. The Morgan fingerprint density at radius 1 is 0.350 bits per heavy atom. The van der Waals surface area contributed by atoms with Crippen LogP contribution in [0.3, 0.4) is 0 Å². The summed E-state index contributed by atoms with van der Waals surface area (Å²) < 4.78 is 73.6. The fourth-order valence-corrected chi connectivity index (χ4v) is 17.3. The molecule has 3 rings (SSSR count). The first-order chi connectivity index (χ1) is 58.1. The number of allylic oxidation sites excluding steroid dienone is 2. The topological polar surface area (TPSA) is 380 Å². The van der Waals surface area contributed by atoms with Gasteiger partial charge in [0.15, 0.2) is 24.8 Å². The molecule has 0 bridgehead atoms. The number of carbonyl (C=O) groups excluding carboxylic acids is 4. The molecule has 0 radical (unpaired) electrons. The number of hydrogen-bond donors (Lipinski definition) is 10. The highest BCUT2D eigenvalue weighted by molar-refractivity contribution is 7.47. The molecule has 0 amide bonds. The normalized spacial score (nSPS) is 25.0. The third kappa shape index (κ3) is 51.9. The first kappa shape index (κ1) is 111. The van der Waals surface area contributed by atoms with E-state index in [1.54, 1.807) is 0 Å². The molecule has 25 nitrogen and oxygen atoms in total. The molecule has 2 saturated heterocycles. The quantitative estimate of drug-likeness (QED) is 0.00889. The van der Waals surface area contributed by atoms with Gasteiger partial charge in [0, 0.05) is 25.7 Å². The highest BCUT2D eigenvalue weighted by Crippen LogP contribution is 2.49. The third-order valence-electron chi connectivity index (χ3n) is 24.2. The molecule has 2 aliphatic heterocycles. The highest BCUT2D eigenvalue weighted by atomic mass is 31.2. The van der Waals surface area contributed by atoms with Crippen molar-refractivity contribution in [1.29, 1.82) is 0 Å². The van der Waals surface area contributed by atoms with E-state index >= 15 is 0 Å². The van der Waals surface area contributed by atoms with Crippen molar-refractivity contribution in [2.75, 3.05) is 26.4 Å². The van der Waals surface area contributed by atoms with Crippen molar-refractivity contribution in [3.63, 3.8) is 0 Å². The van der Waals surface area contributed by atoms with Gasteiger partial charge < -0.3 is 88.7 Å². The number of phosphoric acid groups is 1. The van der Waals surface area contributed by atoms with E-state index in [0.29, 0.717) is 38.0 Å². The Labute approximate surface area is 724 Å². The third-order valence-corrected chi connectivity index (χ3v) is 25.2. The van der Waals surface area contributed by atoms with Gasteiger partial charge in [-0.05, 0) is 57.3 Å². The number of phosphoric ester groups is 1. The molecule has 19 atom stereocenters. The summed E-state index contributed by atoms with van der Waals surface area (Å²) in [5.74, 6) is -2.28. The molecule has 10 N–H and O–H groups in total. The van der Waals surface area contributed by atoms with E-state index in [1.807, 2.05) is 0 Å². The number of carbonyl (C=O) groups is 4. The summed E-state index contributed by atoms with van der Waals surface area (Å²) in [5, 5.41) is 103. The average Bonchev–Trinajstić information content (AvgIpc) is 0.753. The molecular weight excluding hydrogens is 1560 g/mol. The zero-order valence-electron chi connectivity index (χ0n) is 75.6. The summed E-state index contributed by atoms with van der Waals surface area (Å²) in [5.41, 5.74) is 0. The molecule has 26 heteroatoms. The monoisotopic (exact) mass is 1740 g/mol. The fourth-order valence-electron chi connectivity index (χ4n) is 16.3. The van der Waals surface area contributed by atoms with E-state index < -0.39 is 162 Å². The van der Waals surface area contributed by atoms with E-state index in [2.05, 4.69) is 46.8 Å². The number of unbranched alkanes of at least 4 members (excludes halogenated alkanes) is 49. The molecular formula is C94H175O25P. The number of aliphatic hydroxyl groups is 9. The Hall–Kier alpha value is -2.79. The van der Waals surface area contributed by atoms with Crippen LogP contribution >= 0.6 is 7.82 Å². The number of aliphatic hydroxyl groups excluding tert-OH is 9. The van der Waals surface area contributed by atoms with Gasteiger partial charge >= 0.3 is 31.7 Å².